The Morgan fingerprint density at radius 1 is 0.688 bits per heavy atom. The van der Waals surface area contributed by atoms with Gasteiger partial charge in [0.1, 0.15) is 16.5 Å². The molecule has 0 aliphatic rings. The quantitative estimate of drug-likeness (QED) is 0.765. The number of rotatable bonds is 4. The Hall–Kier alpha value is 0.571. The molecule has 98 valence electrons. The molecule has 0 saturated carbocycles. The Kier molecular flexibility index (Phi) is 4.85. The van der Waals surface area contributed by atoms with Gasteiger partial charge >= 0.3 is 0 Å². The summed E-state index contributed by atoms with van der Waals surface area (Å²) in [5.41, 5.74) is 0. The molecule has 0 aliphatic carbocycles. The third-order valence-electron chi connectivity index (χ3n) is 3.19. The topological polar surface area (TPSA) is 24.1 Å². The standard InChI is InChI=1S/C11H32N2Si3/c1-11(2,3)15(7,8)13-16(9,10)12-14(4,5)6/h12-13H,1-10H3. The largest absolute Gasteiger partial charge is 0.348 e. The number of hydrogen-bond acceptors (Lipinski definition) is 2. The number of hydrogen-bond donors (Lipinski definition) is 2. The lowest BCUT2D eigenvalue weighted by atomic mass is 10.2. The molecule has 16 heavy (non-hydrogen) atoms. The van der Waals surface area contributed by atoms with Gasteiger partial charge in [-0.3, -0.25) is 0 Å². The second-order valence-corrected chi connectivity index (χ2v) is 22.5. The molecule has 0 aromatic heterocycles. The Bertz CT molecular complexity index is 237. The molecule has 0 spiro atoms. The van der Waals surface area contributed by atoms with Gasteiger partial charge in [0, 0.05) is 0 Å². The molecular weight excluding hydrogens is 244 g/mol. The Morgan fingerprint density at radius 3 is 1.31 bits per heavy atom. The van der Waals surface area contributed by atoms with Gasteiger partial charge in [-0.05, 0) is 18.1 Å². The lowest BCUT2D eigenvalue weighted by molar-refractivity contribution is 0.708. The van der Waals surface area contributed by atoms with Gasteiger partial charge in [0.05, 0.1) is 0 Å². The zero-order chi connectivity index (χ0) is 13.4. The summed E-state index contributed by atoms with van der Waals surface area (Å²) < 4.78 is 7.96. The molecule has 0 atom stereocenters. The second kappa shape index (κ2) is 4.68. The number of nitrogens with one attached hydrogen (secondary N) is 2. The molecule has 0 unspecified atom stereocenters. The fraction of sp³-hybridized carbons (Fsp3) is 1.00. The first-order chi connectivity index (χ1) is 6.66. The predicted molar refractivity (Wildman–Crippen MR) is 84.3 cm³/mol. The monoisotopic (exact) mass is 276 g/mol. The molecule has 0 saturated heterocycles. The molecule has 0 amide bonds. The summed E-state index contributed by atoms with van der Waals surface area (Å²) in [7, 11) is -4.01. The van der Waals surface area contributed by atoms with Gasteiger partial charge in [0.15, 0.2) is 8.40 Å². The van der Waals surface area contributed by atoms with E-state index < -0.39 is 24.9 Å². The average molecular weight is 277 g/mol. The van der Waals surface area contributed by atoms with Gasteiger partial charge in [-0.1, -0.05) is 53.5 Å². The van der Waals surface area contributed by atoms with E-state index >= 15 is 0 Å². The van der Waals surface area contributed by atoms with Crippen molar-refractivity contribution in [2.45, 2.75) is 71.6 Å². The van der Waals surface area contributed by atoms with Gasteiger partial charge in [-0.15, -0.1) is 0 Å². The van der Waals surface area contributed by atoms with E-state index in [0.717, 1.165) is 0 Å². The van der Waals surface area contributed by atoms with E-state index in [4.69, 9.17) is 0 Å². The molecule has 0 radical (unpaired) electrons. The fourth-order valence-corrected chi connectivity index (χ4v) is 18.0. The summed E-state index contributed by atoms with van der Waals surface area (Å²) in [6, 6.07) is 0. The van der Waals surface area contributed by atoms with Crippen LogP contribution in [0, 0.1) is 0 Å². The Morgan fingerprint density at radius 2 is 1.06 bits per heavy atom. The van der Waals surface area contributed by atoms with Gasteiger partial charge < -0.3 is 9.30 Å². The maximum absolute atomic E-state index is 4.03. The molecule has 0 aromatic carbocycles. The molecular formula is C11H32N2Si3. The molecule has 2 N–H and O–H groups in total. The maximum atomic E-state index is 4.03. The molecule has 0 fully saturated rings. The minimum absolute atomic E-state index is 0.415. The smallest absolute Gasteiger partial charge is 0.181 e. The van der Waals surface area contributed by atoms with Crippen LogP contribution in [-0.4, -0.2) is 24.9 Å². The van der Waals surface area contributed by atoms with E-state index in [0.29, 0.717) is 5.04 Å². The van der Waals surface area contributed by atoms with E-state index in [1.807, 2.05) is 0 Å². The van der Waals surface area contributed by atoms with Crippen LogP contribution < -0.4 is 9.30 Å². The predicted octanol–water partition coefficient (Wildman–Crippen LogP) is 3.71. The minimum atomic E-state index is -1.46. The van der Waals surface area contributed by atoms with Crippen LogP contribution in [0.4, 0.5) is 0 Å². The van der Waals surface area contributed by atoms with E-state index in [1.54, 1.807) is 0 Å². The van der Waals surface area contributed by atoms with E-state index in [9.17, 15) is 0 Å². The highest BCUT2D eigenvalue weighted by atomic mass is 28.4. The van der Waals surface area contributed by atoms with Gasteiger partial charge in [0.2, 0.25) is 0 Å². The van der Waals surface area contributed by atoms with Crippen LogP contribution in [0.3, 0.4) is 0 Å². The highest BCUT2D eigenvalue weighted by molar-refractivity contribution is 6.97. The molecule has 0 heterocycles. The Balaban J connectivity index is 4.72. The molecule has 2 nitrogen and oxygen atoms in total. The summed E-state index contributed by atoms with van der Waals surface area (Å²) in [6.07, 6.45) is 0. The van der Waals surface area contributed by atoms with Crippen molar-refractivity contribution in [3.63, 3.8) is 0 Å². The van der Waals surface area contributed by atoms with Crippen molar-refractivity contribution in [1.29, 1.82) is 0 Å². The van der Waals surface area contributed by atoms with Gasteiger partial charge in [-0.25, -0.2) is 0 Å². The van der Waals surface area contributed by atoms with Crippen LogP contribution in [0.5, 0.6) is 0 Å². The summed E-state index contributed by atoms with van der Waals surface area (Å²) in [5.74, 6) is 0. The average Bonchev–Trinajstić information content (AvgIpc) is 1.72. The summed E-state index contributed by atoms with van der Waals surface area (Å²) in [5, 5.41) is 0.415. The van der Waals surface area contributed by atoms with Crippen LogP contribution in [0.1, 0.15) is 20.8 Å². The second-order valence-electron chi connectivity index (χ2n) is 8.00. The fourth-order valence-electron chi connectivity index (χ4n) is 1.94. The zero-order valence-corrected chi connectivity index (χ0v) is 16.0. The van der Waals surface area contributed by atoms with Crippen molar-refractivity contribution in [2.75, 3.05) is 0 Å². The summed E-state index contributed by atoms with van der Waals surface area (Å²) in [4.78, 5) is 0. The van der Waals surface area contributed by atoms with Crippen LogP contribution in [0.15, 0.2) is 0 Å². The maximum Gasteiger partial charge on any atom is 0.181 e. The SMILES string of the molecule is CC(C)(C)[Si](C)(C)N[Si](C)(C)N[Si](C)(C)C. The lowest BCUT2D eigenvalue weighted by Crippen LogP contribution is -2.73. The highest BCUT2D eigenvalue weighted by Crippen LogP contribution is 2.34. The van der Waals surface area contributed by atoms with Crippen LogP contribution in [0.25, 0.3) is 0 Å². The third-order valence-corrected chi connectivity index (χ3v) is 17.4. The van der Waals surface area contributed by atoms with E-state index in [1.165, 1.54) is 0 Å². The summed E-state index contributed by atoms with van der Waals surface area (Å²) >= 11 is 0. The summed E-state index contributed by atoms with van der Waals surface area (Å²) in [6.45, 7) is 24.0. The van der Waals surface area contributed by atoms with Crippen LogP contribution >= 0.6 is 0 Å². The third kappa shape index (κ3) is 5.77. The van der Waals surface area contributed by atoms with Crippen molar-refractivity contribution >= 4 is 24.9 Å². The van der Waals surface area contributed by atoms with Crippen LogP contribution in [-0.2, 0) is 0 Å². The molecule has 0 aliphatic heterocycles. The lowest BCUT2D eigenvalue weighted by Gasteiger charge is -2.45. The van der Waals surface area contributed by atoms with E-state index in [-0.39, 0.29) is 0 Å². The zero-order valence-electron chi connectivity index (χ0n) is 13.0. The van der Waals surface area contributed by atoms with Crippen molar-refractivity contribution < 1.29 is 0 Å². The molecule has 5 heteroatoms. The molecule has 0 aromatic rings. The first-order valence-electron chi connectivity index (χ1n) is 6.25. The van der Waals surface area contributed by atoms with Gasteiger partial charge in [0.25, 0.3) is 0 Å². The minimum Gasteiger partial charge on any atom is -0.348 e. The first-order valence-corrected chi connectivity index (χ1v) is 15.8. The van der Waals surface area contributed by atoms with E-state index in [2.05, 4.69) is 75.9 Å². The molecule has 0 rings (SSSR count). The molecule has 0 bridgehead atoms. The van der Waals surface area contributed by atoms with Crippen molar-refractivity contribution in [1.82, 2.24) is 9.30 Å². The first kappa shape index (κ1) is 16.6. The normalized spacial score (nSPS) is 15.4. The van der Waals surface area contributed by atoms with Crippen molar-refractivity contribution in [3.05, 3.63) is 0 Å². The van der Waals surface area contributed by atoms with Gasteiger partial charge in [-0.2, -0.15) is 0 Å². The Labute approximate surface area is 106 Å². The van der Waals surface area contributed by atoms with Crippen molar-refractivity contribution in [2.24, 2.45) is 0 Å². The van der Waals surface area contributed by atoms with Crippen LogP contribution in [0.2, 0.25) is 50.9 Å². The van der Waals surface area contributed by atoms with Crippen molar-refractivity contribution in [3.8, 4) is 0 Å². The highest BCUT2D eigenvalue weighted by Gasteiger charge is 2.41.